The Balaban J connectivity index is 2.26. The lowest BCUT2D eigenvalue weighted by atomic mass is 10.2. The zero-order valence-electron chi connectivity index (χ0n) is 12.2. The number of pyridine rings is 1. The van der Waals surface area contributed by atoms with Crippen molar-refractivity contribution in [3.05, 3.63) is 23.6 Å². The Bertz CT molecular complexity index is 550. The van der Waals surface area contributed by atoms with Crippen molar-refractivity contribution < 1.29 is 14.0 Å². The van der Waals surface area contributed by atoms with Crippen LogP contribution in [0.1, 0.15) is 23.7 Å². The van der Waals surface area contributed by atoms with Crippen LogP contribution in [0.15, 0.2) is 12.3 Å². The molecule has 0 atom stereocenters. The van der Waals surface area contributed by atoms with Crippen molar-refractivity contribution in [3.63, 3.8) is 0 Å². The lowest BCUT2D eigenvalue weighted by Crippen LogP contribution is -2.38. The highest BCUT2D eigenvalue weighted by molar-refractivity contribution is 6.00. The van der Waals surface area contributed by atoms with Gasteiger partial charge in [-0.25, -0.2) is 9.37 Å². The van der Waals surface area contributed by atoms with E-state index in [0.717, 1.165) is 12.3 Å². The van der Waals surface area contributed by atoms with Gasteiger partial charge in [0.1, 0.15) is 18.2 Å². The van der Waals surface area contributed by atoms with E-state index >= 15 is 0 Å². The molecule has 7 heteroatoms. The van der Waals surface area contributed by atoms with Crippen LogP contribution in [0.3, 0.4) is 0 Å². The SMILES string of the molecule is CCNc1ncc(F)cc1C(=O)N1CCCN(C)C(=O)C1. The van der Waals surface area contributed by atoms with Gasteiger partial charge in [-0.3, -0.25) is 9.59 Å². The molecule has 2 rings (SSSR count). The van der Waals surface area contributed by atoms with Gasteiger partial charge < -0.3 is 15.1 Å². The lowest BCUT2D eigenvalue weighted by molar-refractivity contribution is -0.129. The van der Waals surface area contributed by atoms with Crippen LogP contribution in [0.2, 0.25) is 0 Å². The number of nitrogens with zero attached hydrogens (tertiary/aromatic N) is 3. The first kappa shape index (κ1) is 15.2. The van der Waals surface area contributed by atoms with E-state index in [-0.39, 0.29) is 23.9 Å². The summed E-state index contributed by atoms with van der Waals surface area (Å²) in [5.41, 5.74) is 0.161. The van der Waals surface area contributed by atoms with Crippen LogP contribution in [-0.2, 0) is 4.79 Å². The van der Waals surface area contributed by atoms with Crippen LogP contribution < -0.4 is 5.32 Å². The van der Waals surface area contributed by atoms with Crippen molar-refractivity contribution in [2.24, 2.45) is 0 Å². The average molecular weight is 294 g/mol. The molecule has 2 heterocycles. The number of amides is 2. The van der Waals surface area contributed by atoms with E-state index in [1.165, 1.54) is 4.90 Å². The molecule has 0 radical (unpaired) electrons. The van der Waals surface area contributed by atoms with Crippen LogP contribution in [0.5, 0.6) is 0 Å². The van der Waals surface area contributed by atoms with E-state index in [2.05, 4.69) is 10.3 Å². The lowest BCUT2D eigenvalue weighted by Gasteiger charge is -2.21. The third kappa shape index (κ3) is 3.48. The summed E-state index contributed by atoms with van der Waals surface area (Å²) in [5, 5.41) is 2.94. The molecular weight excluding hydrogens is 275 g/mol. The van der Waals surface area contributed by atoms with Gasteiger partial charge >= 0.3 is 0 Å². The van der Waals surface area contributed by atoms with E-state index in [1.807, 2.05) is 6.92 Å². The molecule has 0 aromatic carbocycles. The minimum atomic E-state index is -0.571. The molecule has 1 aromatic heterocycles. The zero-order valence-corrected chi connectivity index (χ0v) is 12.2. The van der Waals surface area contributed by atoms with E-state index in [0.29, 0.717) is 31.9 Å². The smallest absolute Gasteiger partial charge is 0.258 e. The summed E-state index contributed by atoms with van der Waals surface area (Å²) in [6.45, 7) is 3.53. The first-order chi connectivity index (χ1) is 10.0. The number of likely N-dealkylation sites (N-methyl/N-ethyl adjacent to an activating group) is 1. The van der Waals surface area contributed by atoms with Crippen molar-refractivity contribution >= 4 is 17.6 Å². The highest BCUT2D eigenvalue weighted by atomic mass is 19.1. The second-order valence-corrected chi connectivity index (χ2v) is 4.98. The zero-order chi connectivity index (χ0) is 15.4. The maximum absolute atomic E-state index is 13.4. The number of hydrogen-bond acceptors (Lipinski definition) is 4. The maximum Gasteiger partial charge on any atom is 0.258 e. The molecule has 1 aromatic rings. The highest BCUT2D eigenvalue weighted by Crippen LogP contribution is 2.17. The topological polar surface area (TPSA) is 65.5 Å². The standard InChI is InChI=1S/C14H19FN4O2/c1-3-16-13-11(7-10(15)8-17-13)14(21)19-6-4-5-18(2)12(20)9-19/h7-8H,3-6,9H2,1-2H3,(H,16,17). The predicted molar refractivity (Wildman–Crippen MR) is 76.5 cm³/mol. The number of carbonyl (C=O) groups excluding carboxylic acids is 2. The van der Waals surface area contributed by atoms with E-state index in [1.54, 1.807) is 11.9 Å². The number of rotatable bonds is 3. The number of carbonyl (C=O) groups is 2. The minimum Gasteiger partial charge on any atom is -0.370 e. The Labute approximate surface area is 122 Å². The van der Waals surface area contributed by atoms with Crippen molar-refractivity contribution in [2.75, 3.05) is 38.5 Å². The van der Waals surface area contributed by atoms with Crippen LogP contribution in [0, 0.1) is 5.82 Å². The van der Waals surface area contributed by atoms with Crippen molar-refractivity contribution in [1.29, 1.82) is 0 Å². The summed E-state index contributed by atoms with van der Waals surface area (Å²) in [6.07, 6.45) is 1.77. The molecule has 2 amide bonds. The molecule has 0 unspecified atom stereocenters. The Morgan fingerprint density at radius 1 is 1.48 bits per heavy atom. The molecule has 1 N–H and O–H groups in total. The molecular formula is C14H19FN4O2. The van der Waals surface area contributed by atoms with Gasteiger partial charge in [0.05, 0.1) is 11.8 Å². The molecule has 0 bridgehead atoms. The van der Waals surface area contributed by atoms with Gasteiger partial charge in [-0.2, -0.15) is 0 Å². The van der Waals surface area contributed by atoms with Gasteiger partial charge in [-0.05, 0) is 19.4 Å². The molecule has 21 heavy (non-hydrogen) atoms. The van der Waals surface area contributed by atoms with Gasteiger partial charge in [0.2, 0.25) is 5.91 Å². The van der Waals surface area contributed by atoms with E-state index < -0.39 is 5.82 Å². The summed E-state index contributed by atoms with van der Waals surface area (Å²) >= 11 is 0. The summed E-state index contributed by atoms with van der Waals surface area (Å²) < 4.78 is 13.4. The number of hydrogen-bond donors (Lipinski definition) is 1. The van der Waals surface area contributed by atoms with Crippen molar-refractivity contribution in [1.82, 2.24) is 14.8 Å². The Morgan fingerprint density at radius 3 is 2.95 bits per heavy atom. The van der Waals surface area contributed by atoms with Crippen molar-refractivity contribution in [2.45, 2.75) is 13.3 Å². The third-order valence-electron chi connectivity index (χ3n) is 3.39. The number of aromatic nitrogens is 1. The van der Waals surface area contributed by atoms with Crippen molar-refractivity contribution in [3.8, 4) is 0 Å². The molecule has 0 aliphatic carbocycles. The van der Waals surface area contributed by atoms with Gasteiger partial charge in [0, 0.05) is 26.7 Å². The number of nitrogens with one attached hydrogen (secondary N) is 1. The molecule has 114 valence electrons. The fourth-order valence-electron chi connectivity index (χ4n) is 2.24. The minimum absolute atomic E-state index is 0.0113. The molecule has 1 saturated heterocycles. The van der Waals surface area contributed by atoms with Gasteiger partial charge in [-0.1, -0.05) is 0 Å². The maximum atomic E-state index is 13.4. The molecule has 1 aliphatic rings. The highest BCUT2D eigenvalue weighted by Gasteiger charge is 2.26. The van der Waals surface area contributed by atoms with Crippen LogP contribution >= 0.6 is 0 Å². The normalized spacial score (nSPS) is 15.9. The number of anilines is 1. The fourth-order valence-corrected chi connectivity index (χ4v) is 2.24. The monoisotopic (exact) mass is 294 g/mol. The van der Waals surface area contributed by atoms with Gasteiger partial charge in [-0.15, -0.1) is 0 Å². The van der Waals surface area contributed by atoms with Crippen LogP contribution in [-0.4, -0.2) is 59.8 Å². The average Bonchev–Trinajstić information content (AvgIpc) is 2.62. The molecule has 0 spiro atoms. The third-order valence-corrected chi connectivity index (χ3v) is 3.39. The second kappa shape index (κ2) is 6.51. The predicted octanol–water partition coefficient (Wildman–Crippen LogP) is 0.957. The number of halogens is 1. The van der Waals surface area contributed by atoms with Crippen LogP contribution in [0.25, 0.3) is 0 Å². The van der Waals surface area contributed by atoms with E-state index in [4.69, 9.17) is 0 Å². The first-order valence-corrected chi connectivity index (χ1v) is 6.95. The quantitative estimate of drug-likeness (QED) is 0.901. The summed E-state index contributed by atoms with van der Waals surface area (Å²) in [7, 11) is 1.71. The first-order valence-electron chi connectivity index (χ1n) is 6.95. The van der Waals surface area contributed by atoms with Gasteiger partial charge in [0.15, 0.2) is 0 Å². The van der Waals surface area contributed by atoms with Gasteiger partial charge in [0.25, 0.3) is 5.91 Å². The summed E-state index contributed by atoms with van der Waals surface area (Å²) in [4.78, 5) is 31.4. The Kier molecular flexibility index (Phi) is 4.72. The summed E-state index contributed by atoms with van der Waals surface area (Å²) in [5.74, 6) is -0.718. The Hall–Kier alpha value is -2.18. The Morgan fingerprint density at radius 2 is 2.24 bits per heavy atom. The molecule has 1 aliphatic heterocycles. The largest absolute Gasteiger partial charge is 0.370 e. The molecule has 1 fully saturated rings. The fraction of sp³-hybridized carbons (Fsp3) is 0.500. The second-order valence-electron chi connectivity index (χ2n) is 4.98. The van der Waals surface area contributed by atoms with E-state index in [9.17, 15) is 14.0 Å². The molecule has 6 nitrogen and oxygen atoms in total. The molecule has 0 saturated carbocycles. The van der Waals surface area contributed by atoms with Crippen LogP contribution in [0.4, 0.5) is 10.2 Å². The summed E-state index contributed by atoms with van der Waals surface area (Å²) in [6, 6.07) is 1.16.